The van der Waals surface area contributed by atoms with Crippen molar-refractivity contribution in [3.8, 4) is 0 Å². The number of rotatable bonds is 4. The zero-order chi connectivity index (χ0) is 10.5. The van der Waals surface area contributed by atoms with Gasteiger partial charge in [-0.15, -0.1) is 0 Å². The molecule has 0 amide bonds. The third-order valence-electron chi connectivity index (χ3n) is 2.17. The van der Waals surface area contributed by atoms with E-state index in [9.17, 15) is 0 Å². The van der Waals surface area contributed by atoms with E-state index in [1.807, 2.05) is 36.5 Å². The number of pyridine rings is 1. The molecule has 0 fully saturated rings. The Morgan fingerprint density at radius 3 is 2.87 bits per heavy atom. The molecule has 78 valence electrons. The number of anilines is 1. The van der Waals surface area contributed by atoms with Gasteiger partial charge in [0.2, 0.25) is 0 Å². The van der Waals surface area contributed by atoms with Gasteiger partial charge in [-0.25, -0.2) is 10.4 Å². The summed E-state index contributed by atoms with van der Waals surface area (Å²) < 4.78 is 0. The molecule has 2 heterocycles. The maximum atomic E-state index is 4.15. The van der Waals surface area contributed by atoms with E-state index in [1.54, 1.807) is 6.20 Å². The summed E-state index contributed by atoms with van der Waals surface area (Å²) in [6.45, 7) is 2.07. The van der Waals surface area contributed by atoms with Crippen LogP contribution in [0.1, 0.15) is 18.7 Å². The number of hydrogen-bond acceptors (Lipinski definition) is 3. The second-order valence-electron chi connectivity index (χ2n) is 3.33. The van der Waals surface area contributed by atoms with Gasteiger partial charge in [0.15, 0.2) is 0 Å². The molecule has 0 saturated heterocycles. The van der Waals surface area contributed by atoms with Crippen LogP contribution < -0.4 is 10.9 Å². The minimum Gasteiger partial charge on any atom is -0.364 e. The summed E-state index contributed by atoms with van der Waals surface area (Å²) in [5.41, 5.74) is 7.35. The minimum atomic E-state index is 0.210. The highest BCUT2D eigenvalue weighted by Gasteiger charge is 2.03. The van der Waals surface area contributed by atoms with Gasteiger partial charge < -0.3 is 10.4 Å². The van der Waals surface area contributed by atoms with Crippen molar-refractivity contribution in [2.24, 2.45) is 0 Å². The first-order chi connectivity index (χ1) is 7.36. The lowest BCUT2D eigenvalue weighted by atomic mass is 10.2. The third-order valence-corrected chi connectivity index (χ3v) is 2.17. The lowest BCUT2D eigenvalue weighted by molar-refractivity contribution is 0.626. The zero-order valence-electron chi connectivity index (χ0n) is 8.57. The summed E-state index contributed by atoms with van der Waals surface area (Å²) in [4.78, 5) is 7.30. The van der Waals surface area contributed by atoms with Gasteiger partial charge in [0.25, 0.3) is 0 Å². The van der Waals surface area contributed by atoms with Crippen LogP contribution >= 0.6 is 0 Å². The van der Waals surface area contributed by atoms with Crippen LogP contribution in [0.5, 0.6) is 0 Å². The van der Waals surface area contributed by atoms with Gasteiger partial charge in [-0.1, -0.05) is 6.07 Å². The maximum Gasteiger partial charge on any atom is 0.140 e. The number of aromatic nitrogens is 2. The molecule has 0 aliphatic carbocycles. The van der Waals surface area contributed by atoms with Crippen LogP contribution in [0.2, 0.25) is 0 Å². The van der Waals surface area contributed by atoms with E-state index in [1.165, 1.54) is 0 Å². The molecule has 2 rings (SSSR count). The summed E-state index contributed by atoms with van der Waals surface area (Å²) in [5, 5.41) is 0. The standard InChI is InChI=1S/C11H14N4/c1-9(10-5-4-8-12-10)14-15-11-6-2-3-7-13-11/h2-9,12,14H,1H3,(H,13,15). The Bertz CT molecular complexity index is 382. The largest absolute Gasteiger partial charge is 0.364 e. The molecule has 0 spiro atoms. The van der Waals surface area contributed by atoms with Crippen molar-refractivity contribution in [3.63, 3.8) is 0 Å². The van der Waals surface area contributed by atoms with E-state index in [-0.39, 0.29) is 6.04 Å². The highest BCUT2D eigenvalue weighted by atomic mass is 15.4. The first-order valence-corrected chi connectivity index (χ1v) is 4.92. The Morgan fingerprint density at radius 2 is 2.20 bits per heavy atom. The van der Waals surface area contributed by atoms with Crippen molar-refractivity contribution in [1.82, 2.24) is 15.4 Å². The molecule has 4 nitrogen and oxygen atoms in total. The van der Waals surface area contributed by atoms with Gasteiger partial charge in [0, 0.05) is 18.1 Å². The molecule has 1 atom stereocenters. The van der Waals surface area contributed by atoms with Crippen molar-refractivity contribution in [1.29, 1.82) is 0 Å². The molecule has 0 saturated carbocycles. The summed E-state index contributed by atoms with van der Waals surface area (Å²) in [6, 6.07) is 9.97. The number of nitrogens with zero attached hydrogens (tertiary/aromatic N) is 1. The molecule has 15 heavy (non-hydrogen) atoms. The van der Waals surface area contributed by atoms with Gasteiger partial charge in [-0.3, -0.25) is 0 Å². The highest BCUT2D eigenvalue weighted by molar-refractivity contribution is 5.31. The smallest absolute Gasteiger partial charge is 0.140 e. The van der Waals surface area contributed by atoms with Crippen LogP contribution in [0, 0.1) is 0 Å². The number of hydrazine groups is 1. The van der Waals surface area contributed by atoms with Crippen molar-refractivity contribution < 1.29 is 0 Å². The molecule has 2 aromatic rings. The Hall–Kier alpha value is -1.81. The molecule has 0 bridgehead atoms. The molecule has 0 radical (unpaired) electrons. The van der Waals surface area contributed by atoms with E-state index >= 15 is 0 Å². The predicted octanol–water partition coefficient (Wildman–Crippen LogP) is 2.09. The van der Waals surface area contributed by atoms with Crippen LogP contribution in [0.3, 0.4) is 0 Å². The van der Waals surface area contributed by atoms with Crippen LogP contribution in [0.4, 0.5) is 5.82 Å². The van der Waals surface area contributed by atoms with Gasteiger partial charge in [0.05, 0.1) is 6.04 Å². The van der Waals surface area contributed by atoms with E-state index in [0.29, 0.717) is 0 Å². The topological polar surface area (TPSA) is 52.7 Å². The summed E-state index contributed by atoms with van der Waals surface area (Å²) in [6.07, 6.45) is 3.66. The minimum absolute atomic E-state index is 0.210. The maximum absolute atomic E-state index is 4.15. The molecule has 2 aromatic heterocycles. The molecule has 0 aliphatic rings. The van der Waals surface area contributed by atoms with Crippen molar-refractivity contribution in [2.75, 3.05) is 5.43 Å². The Kier molecular flexibility index (Phi) is 2.99. The predicted molar refractivity (Wildman–Crippen MR) is 60.2 cm³/mol. The number of nitrogens with one attached hydrogen (secondary N) is 3. The second kappa shape index (κ2) is 4.61. The number of aromatic amines is 1. The fraction of sp³-hybridized carbons (Fsp3) is 0.182. The van der Waals surface area contributed by atoms with E-state index < -0.39 is 0 Å². The van der Waals surface area contributed by atoms with Crippen molar-refractivity contribution >= 4 is 5.82 Å². The SMILES string of the molecule is CC(NNc1ccccn1)c1ccc[nH]1. The molecular formula is C11H14N4. The van der Waals surface area contributed by atoms with Crippen molar-refractivity contribution in [3.05, 3.63) is 48.4 Å². The van der Waals surface area contributed by atoms with Gasteiger partial charge in [0.1, 0.15) is 5.82 Å². The van der Waals surface area contributed by atoms with E-state index in [4.69, 9.17) is 0 Å². The Balaban J connectivity index is 1.89. The molecule has 3 N–H and O–H groups in total. The van der Waals surface area contributed by atoms with Crippen LogP contribution in [-0.2, 0) is 0 Å². The average Bonchev–Trinajstić information content (AvgIpc) is 2.81. The summed E-state index contributed by atoms with van der Waals surface area (Å²) in [5.74, 6) is 0.816. The van der Waals surface area contributed by atoms with Crippen LogP contribution in [0.25, 0.3) is 0 Å². The highest BCUT2D eigenvalue weighted by Crippen LogP contribution is 2.08. The lowest BCUT2D eigenvalue weighted by Gasteiger charge is -2.13. The third kappa shape index (κ3) is 2.57. The molecule has 0 aromatic carbocycles. The second-order valence-corrected chi connectivity index (χ2v) is 3.33. The van der Waals surface area contributed by atoms with Gasteiger partial charge in [-0.05, 0) is 31.2 Å². The fourth-order valence-corrected chi connectivity index (χ4v) is 1.31. The lowest BCUT2D eigenvalue weighted by Crippen LogP contribution is -2.25. The molecule has 4 heteroatoms. The normalized spacial score (nSPS) is 12.3. The molecule has 1 unspecified atom stereocenters. The van der Waals surface area contributed by atoms with Gasteiger partial charge in [-0.2, -0.15) is 0 Å². The van der Waals surface area contributed by atoms with E-state index in [2.05, 4.69) is 27.7 Å². The Morgan fingerprint density at radius 1 is 1.27 bits per heavy atom. The number of H-pyrrole nitrogens is 1. The first kappa shape index (κ1) is 9.73. The van der Waals surface area contributed by atoms with Crippen LogP contribution in [0.15, 0.2) is 42.7 Å². The summed E-state index contributed by atoms with van der Waals surface area (Å²) >= 11 is 0. The van der Waals surface area contributed by atoms with Gasteiger partial charge >= 0.3 is 0 Å². The fourth-order valence-electron chi connectivity index (χ4n) is 1.31. The molecule has 0 aliphatic heterocycles. The van der Waals surface area contributed by atoms with Crippen molar-refractivity contribution in [2.45, 2.75) is 13.0 Å². The average molecular weight is 202 g/mol. The zero-order valence-corrected chi connectivity index (χ0v) is 8.57. The van der Waals surface area contributed by atoms with E-state index in [0.717, 1.165) is 11.5 Å². The Labute approximate surface area is 88.7 Å². The summed E-state index contributed by atoms with van der Waals surface area (Å²) in [7, 11) is 0. The molecular weight excluding hydrogens is 188 g/mol. The first-order valence-electron chi connectivity index (χ1n) is 4.92. The monoisotopic (exact) mass is 202 g/mol. The number of hydrogen-bond donors (Lipinski definition) is 3. The quantitative estimate of drug-likeness (QED) is 0.665. The van der Waals surface area contributed by atoms with Crippen LogP contribution in [-0.4, -0.2) is 9.97 Å².